The number of hydrogen-bond acceptors (Lipinski definition) is 3. The van der Waals surface area contributed by atoms with Gasteiger partial charge in [-0.25, -0.2) is 0 Å². The van der Waals surface area contributed by atoms with Gasteiger partial charge in [-0.05, 0) is 32.2 Å². The van der Waals surface area contributed by atoms with Crippen LogP contribution in [0.5, 0.6) is 0 Å². The van der Waals surface area contributed by atoms with Crippen LogP contribution in [0.3, 0.4) is 0 Å². The van der Waals surface area contributed by atoms with E-state index in [0.29, 0.717) is 6.04 Å². The van der Waals surface area contributed by atoms with Crippen molar-refractivity contribution in [2.45, 2.75) is 51.0 Å². The Bertz CT molecular complexity index is 314. The minimum atomic E-state index is -0.0518. The highest BCUT2D eigenvalue weighted by Crippen LogP contribution is 2.17. The van der Waals surface area contributed by atoms with Crippen LogP contribution in [0.4, 0.5) is 0 Å². The molecule has 1 aliphatic carbocycles. The van der Waals surface area contributed by atoms with Crippen LogP contribution in [0.15, 0.2) is 0 Å². The summed E-state index contributed by atoms with van der Waals surface area (Å²) < 4.78 is 0. The lowest BCUT2D eigenvalue weighted by Crippen LogP contribution is -2.46. The molecule has 1 saturated carbocycles. The van der Waals surface area contributed by atoms with E-state index in [-0.39, 0.29) is 36.7 Å². The van der Waals surface area contributed by atoms with E-state index in [1.807, 2.05) is 0 Å². The van der Waals surface area contributed by atoms with Gasteiger partial charge in [-0.2, -0.15) is 0 Å². The molecule has 1 heterocycles. The van der Waals surface area contributed by atoms with E-state index in [1.54, 1.807) is 0 Å². The molecular weight excluding hydrogens is 278 g/mol. The highest BCUT2D eigenvalue weighted by Gasteiger charge is 2.21. The van der Waals surface area contributed by atoms with Gasteiger partial charge in [-0.15, -0.1) is 12.4 Å². The quantitative estimate of drug-likeness (QED) is 0.725. The second kappa shape index (κ2) is 9.19. The number of carbonyl (C=O) groups excluding carboxylic acids is 2. The van der Waals surface area contributed by atoms with E-state index in [1.165, 1.54) is 19.3 Å². The molecule has 2 rings (SSSR count). The fourth-order valence-electron chi connectivity index (χ4n) is 2.91. The summed E-state index contributed by atoms with van der Waals surface area (Å²) in [4.78, 5) is 23.6. The van der Waals surface area contributed by atoms with Gasteiger partial charge in [-0.1, -0.05) is 19.3 Å². The van der Waals surface area contributed by atoms with Crippen molar-refractivity contribution < 1.29 is 9.59 Å². The third kappa shape index (κ3) is 5.67. The first-order chi connectivity index (χ1) is 9.25. The summed E-state index contributed by atoms with van der Waals surface area (Å²) in [7, 11) is 0. The molecule has 2 fully saturated rings. The smallest absolute Gasteiger partial charge is 0.239 e. The lowest BCUT2D eigenvalue weighted by Gasteiger charge is -2.24. The zero-order valence-electron chi connectivity index (χ0n) is 12.0. The second-order valence-corrected chi connectivity index (χ2v) is 5.66. The molecule has 5 nitrogen and oxygen atoms in total. The first-order valence-corrected chi connectivity index (χ1v) is 7.53. The van der Waals surface area contributed by atoms with Crippen molar-refractivity contribution in [2.75, 3.05) is 19.6 Å². The van der Waals surface area contributed by atoms with Crippen LogP contribution < -0.4 is 16.0 Å². The number of hydrogen-bond donors (Lipinski definition) is 3. The van der Waals surface area contributed by atoms with Crippen molar-refractivity contribution in [1.82, 2.24) is 16.0 Å². The largest absolute Gasteiger partial charge is 0.352 e. The molecule has 20 heavy (non-hydrogen) atoms. The summed E-state index contributed by atoms with van der Waals surface area (Å²) in [5.41, 5.74) is 0. The molecule has 2 aliphatic rings. The maximum absolute atomic E-state index is 11.9. The molecule has 0 spiro atoms. The summed E-state index contributed by atoms with van der Waals surface area (Å²) in [5.74, 6) is -0.0220. The van der Waals surface area contributed by atoms with Crippen LogP contribution in [-0.2, 0) is 9.59 Å². The van der Waals surface area contributed by atoms with Gasteiger partial charge in [0.2, 0.25) is 11.8 Å². The minimum absolute atomic E-state index is 0. The fraction of sp³-hybridized carbons (Fsp3) is 0.857. The molecule has 2 amide bonds. The summed E-state index contributed by atoms with van der Waals surface area (Å²) in [6, 6.07) is 0.314. The molecular formula is C14H26ClN3O2. The number of amides is 2. The van der Waals surface area contributed by atoms with Gasteiger partial charge in [0.1, 0.15) is 0 Å². The lowest BCUT2D eigenvalue weighted by atomic mass is 9.95. The van der Waals surface area contributed by atoms with Crippen molar-refractivity contribution in [3.8, 4) is 0 Å². The van der Waals surface area contributed by atoms with Crippen molar-refractivity contribution in [2.24, 2.45) is 5.92 Å². The van der Waals surface area contributed by atoms with Crippen LogP contribution in [0, 0.1) is 5.92 Å². The molecule has 0 radical (unpaired) electrons. The Hall–Kier alpha value is -0.810. The highest BCUT2D eigenvalue weighted by atomic mass is 35.5. The Balaban J connectivity index is 0.00000200. The topological polar surface area (TPSA) is 70.2 Å². The Morgan fingerprint density at radius 3 is 2.45 bits per heavy atom. The molecule has 1 aliphatic heterocycles. The van der Waals surface area contributed by atoms with E-state index in [0.717, 1.165) is 38.8 Å². The molecule has 0 bridgehead atoms. The first-order valence-electron chi connectivity index (χ1n) is 7.53. The third-order valence-electron chi connectivity index (χ3n) is 4.06. The molecule has 0 aromatic rings. The van der Waals surface area contributed by atoms with Crippen molar-refractivity contribution in [1.29, 1.82) is 0 Å². The van der Waals surface area contributed by atoms with Gasteiger partial charge in [0.25, 0.3) is 0 Å². The summed E-state index contributed by atoms with van der Waals surface area (Å²) in [6.45, 7) is 1.84. The van der Waals surface area contributed by atoms with Crippen LogP contribution in [0.1, 0.15) is 44.9 Å². The van der Waals surface area contributed by atoms with Gasteiger partial charge >= 0.3 is 0 Å². The van der Waals surface area contributed by atoms with Crippen LogP contribution in [-0.4, -0.2) is 37.5 Å². The average Bonchev–Trinajstić information content (AvgIpc) is 2.47. The highest BCUT2D eigenvalue weighted by molar-refractivity contribution is 5.86. The standard InChI is InChI=1S/C14H25N3O2.ClH/c18-13(17-12-6-2-1-3-7-12)10-16-14(19)11-5-4-8-15-9-11;/h11-12,15H,1-10H2,(H,16,19)(H,17,18);1H. The van der Waals surface area contributed by atoms with Gasteiger partial charge < -0.3 is 16.0 Å². The van der Waals surface area contributed by atoms with Crippen LogP contribution in [0.2, 0.25) is 0 Å². The van der Waals surface area contributed by atoms with E-state index in [2.05, 4.69) is 16.0 Å². The van der Waals surface area contributed by atoms with Gasteiger partial charge in [-0.3, -0.25) is 9.59 Å². The van der Waals surface area contributed by atoms with E-state index >= 15 is 0 Å². The van der Waals surface area contributed by atoms with Crippen LogP contribution in [0.25, 0.3) is 0 Å². The van der Waals surface area contributed by atoms with E-state index < -0.39 is 0 Å². The lowest BCUT2D eigenvalue weighted by molar-refractivity contribution is -0.129. The van der Waals surface area contributed by atoms with Crippen molar-refractivity contribution in [3.63, 3.8) is 0 Å². The maximum Gasteiger partial charge on any atom is 0.239 e. The minimum Gasteiger partial charge on any atom is -0.352 e. The predicted octanol–water partition coefficient (Wildman–Crippen LogP) is 0.973. The zero-order chi connectivity index (χ0) is 13.5. The summed E-state index contributed by atoms with van der Waals surface area (Å²) >= 11 is 0. The molecule has 1 unspecified atom stereocenters. The maximum atomic E-state index is 11.9. The third-order valence-corrected chi connectivity index (χ3v) is 4.06. The number of rotatable bonds is 4. The average molecular weight is 304 g/mol. The normalized spacial score (nSPS) is 23.5. The van der Waals surface area contributed by atoms with Crippen molar-refractivity contribution in [3.05, 3.63) is 0 Å². The molecule has 116 valence electrons. The molecule has 3 N–H and O–H groups in total. The molecule has 0 aromatic carbocycles. The van der Waals surface area contributed by atoms with Crippen molar-refractivity contribution >= 4 is 24.2 Å². The van der Waals surface area contributed by atoms with E-state index in [4.69, 9.17) is 0 Å². The monoisotopic (exact) mass is 303 g/mol. The van der Waals surface area contributed by atoms with Gasteiger partial charge in [0.15, 0.2) is 0 Å². The Kier molecular flexibility index (Phi) is 7.92. The number of halogens is 1. The molecule has 1 atom stereocenters. The SMILES string of the molecule is Cl.O=C(CNC(=O)C1CCCNC1)NC1CCCCC1. The van der Waals surface area contributed by atoms with E-state index in [9.17, 15) is 9.59 Å². The summed E-state index contributed by atoms with van der Waals surface area (Å²) in [6.07, 6.45) is 7.78. The Labute approximate surface area is 127 Å². The fourth-order valence-corrected chi connectivity index (χ4v) is 2.91. The second-order valence-electron chi connectivity index (χ2n) is 5.66. The zero-order valence-corrected chi connectivity index (χ0v) is 12.8. The molecule has 1 saturated heterocycles. The molecule has 0 aromatic heterocycles. The predicted molar refractivity (Wildman–Crippen MR) is 80.9 cm³/mol. The Morgan fingerprint density at radius 2 is 1.80 bits per heavy atom. The Morgan fingerprint density at radius 1 is 1.05 bits per heavy atom. The van der Waals surface area contributed by atoms with Gasteiger partial charge in [0, 0.05) is 12.6 Å². The van der Waals surface area contributed by atoms with Gasteiger partial charge in [0.05, 0.1) is 12.5 Å². The number of piperidine rings is 1. The molecule has 6 heteroatoms. The number of nitrogens with one attached hydrogen (secondary N) is 3. The van der Waals surface area contributed by atoms with Crippen LogP contribution >= 0.6 is 12.4 Å². The summed E-state index contributed by atoms with van der Waals surface area (Å²) in [5, 5.41) is 8.97. The number of carbonyl (C=O) groups is 2. The first kappa shape index (κ1) is 17.2.